The molecule has 0 atom stereocenters. The zero-order valence-electron chi connectivity index (χ0n) is 5.68. The van der Waals surface area contributed by atoms with Crippen LogP contribution in [0.15, 0.2) is 0 Å². The minimum Gasteiger partial charge on any atom is -0.381 e. The molecule has 0 bridgehead atoms. The standard InChI is InChI=1S/C6Cl2F4O/c7-1-2(9)3(10)4(11)5(12)6(1)13-8. The van der Waals surface area contributed by atoms with E-state index >= 15 is 0 Å². The average Bonchev–Trinajstić information content (AvgIpc) is 2.13. The zero-order chi connectivity index (χ0) is 10.2. The molecule has 1 aromatic carbocycles. The Kier molecular flexibility index (Phi) is 2.87. The summed E-state index contributed by atoms with van der Waals surface area (Å²) in [5.74, 6) is -8.66. The van der Waals surface area contributed by atoms with Gasteiger partial charge in [0.2, 0.25) is 17.4 Å². The molecule has 0 amide bonds. The molecule has 0 aromatic heterocycles. The van der Waals surface area contributed by atoms with Crippen molar-refractivity contribution in [1.82, 2.24) is 0 Å². The molecule has 0 heterocycles. The van der Waals surface area contributed by atoms with Crippen molar-refractivity contribution >= 4 is 23.5 Å². The number of hydrogen-bond acceptors (Lipinski definition) is 1. The summed E-state index contributed by atoms with van der Waals surface area (Å²) < 4.78 is 53.7. The fourth-order valence-electron chi connectivity index (χ4n) is 0.652. The van der Waals surface area contributed by atoms with Gasteiger partial charge in [-0.15, -0.1) is 0 Å². The van der Waals surface area contributed by atoms with E-state index in [2.05, 4.69) is 16.2 Å². The minimum atomic E-state index is -2.03. The third-order valence-corrected chi connectivity index (χ3v) is 1.74. The van der Waals surface area contributed by atoms with E-state index in [4.69, 9.17) is 11.6 Å². The molecule has 72 valence electrons. The van der Waals surface area contributed by atoms with Gasteiger partial charge >= 0.3 is 0 Å². The fourth-order valence-corrected chi connectivity index (χ4v) is 1.04. The van der Waals surface area contributed by atoms with Gasteiger partial charge in [-0.1, -0.05) is 11.6 Å². The van der Waals surface area contributed by atoms with Crippen molar-refractivity contribution in [2.24, 2.45) is 0 Å². The van der Waals surface area contributed by atoms with Crippen LogP contribution in [0.3, 0.4) is 0 Å². The van der Waals surface area contributed by atoms with Crippen molar-refractivity contribution in [3.8, 4) is 5.75 Å². The first-order valence-corrected chi connectivity index (χ1v) is 3.49. The van der Waals surface area contributed by atoms with Crippen LogP contribution in [0.1, 0.15) is 0 Å². The molecule has 1 aromatic rings. The van der Waals surface area contributed by atoms with E-state index in [1.807, 2.05) is 0 Å². The molecule has 0 fully saturated rings. The first kappa shape index (κ1) is 10.4. The number of halogens is 6. The molecule has 13 heavy (non-hydrogen) atoms. The highest BCUT2D eigenvalue weighted by molar-refractivity contribution is 6.32. The summed E-state index contributed by atoms with van der Waals surface area (Å²) in [5.41, 5.74) is 0. The van der Waals surface area contributed by atoms with E-state index in [1.54, 1.807) is 0 Å². The van der Waals surface area contributed by atoms with Crippen LogP contribution < -0.4 is 4.29 Å². The Balaban J connectivity index is 3.56. The van der Waals surface area contributed by atoms with Gasteiger partial charge in [0, 0.05) is 0 Å². The van der Waals surface area contributed by atoms with Crippen LogP contribution in [0.4, 0.5) is 17.6 Å². The lowest BCUT2D eigenvalue weighted by Gasteiger charge is -2.04. The molecule has 0 radical (unpaired) electrons. The Bertz CT molecular complexity index is 326. The van der Waals surface area contributed by atoms with E-state index in [1.165, 1.54) is 0 Å². The second kappa shape index (κ2) is 3.59. The molecule has 1 nitrogen and oxygen atoms in total. The maximum absolute atomic E-state index is 12.6. The van der Waals surface area contributed by atoms with E-state index in [0.29, 0.717) is 0 Å². The maximum atomic E-state index is 12.6. The third kappa shape index (κ3) is 1.53. The summed E-state index contributed by atoms with van der Waals surface area (Å²) in [6.07, 6.45) is 0. The Morgan fingerprint density at radius 3 is 1.77 bits per heavy atom. The van der Waals surface area contributed by atoms with Gasteiger partial charge < -0.3 is 4.29 Å². The first-order chi connectivity index (χ1) is 6.00. The first-order valence-electron chi connectivity index (χ1n) is 2.80. The van der Waals surface area contributed by atoms with Crippen molar-refractivity contribution in [2.75, 3.05) is 0 Å². The highest BCUT2D eigenvalue weighted by Crippen LogP contribution is 2.34. The molecule has 0 aliphatic carbocycles. The van der Waals surface area contributed by atoms with Gasteiger partial charge in [-0.05, 0) is 0 Å². The maximum Gasteiger partial charge on any atom is 0.207 e. The van der Waals surface area contributed by atoms with Gasteiger partial charge in [-0.25, -0.2) is 13.2 Å². The van der Waals surface area contributed by atoms with Crippen LogP contribution in [-0.4, -0.2) is 0 Å². The summed E-state index contributed by atoms with van der Waals surface area (Å²) in [4.78, 5) is 0. The van der Waals surface area contributed by atoms with Gasteiger partial charge in [-0.2, -0.15) is 4.39 Å². The quantitative estimate of drug-likeness (QED) is 0.411. The van der Waals surface area contributed by atoms with Gasteiger partial charge in [0.1, 0.15) is 16.9 Å². The smallest absolute Gasteiger partial charge is 0.207 e. The van der Waals surface area contributed by atoms with E-state index in [9.17, 15) is 17.6 Å². The molecule has 0 aliphatic heterocycles. The lowest BCUT2D eigenvalue weighted by atomic mass is 10.3. The topological polar surface area (TPSA) is 9.23 Å². The number of rotatable bonds is 1. The molecule has 1 rings (SSSR count). The summed E-state index contributed by atoms with van der Waals surface area (Å²) in [6, 6.07) is 0. The predicted molar refractivity (Wildman–Crippen MR) is 37.8 cm³/mol. The molecular weight excluding hydrogens is 235 g/mol. The molecule has 0 N–H and O–H groups in total. The molecule has 7 heteroatoms. The zero-order valence-corrected chi connectivity index (χ0v) is 7.19. The molecule has 0 spiro atoms. The lowest BCUT2D eigenvalue weighted by molar-refractivity contribution is 0.391. The highest BCUT2D eigenvalue weighted by atomic mass is 35.5. The van der Waals surface area contributed by atoms with Crippen molar-refractivity contribution in [3.63, 3.8) is 0 Å². The van der Waals surface area contributed by atoms with Crippen LogP contribution in [0.5, 0.6) is 5.75 Å². The molecule has 0 saturated heterocycles. The van der Waals surface area contributed by atoms with E-state index in [0.717, 1.165) is 0 Å². The average molecular weight is 235 g/mol. The normalized spacial score (nSPS) is 10.3. The Morgan fingerprint density at radius 1 is 0.846 bits per heavy atom. The number of hydrogen-bond donors (Lipinski definition) is 0. The molecular formula is C6Cl2F4O. The summed E-state index contributed by atoms with van der Waals surface area (Å²) in [7, 11) is 0. The second-order valence-electron chi connectivity index (χ2n) is 1.98. The van der Waals surface area contributed by atoms with Gasteiger partial charge in [0.05, 0.1) is 0 Å². The van der Waals surface area contributed by atoms with E-state index < -0.39 is 34.0 Å². The fraction of sp³-hybridized carbons (Fsp3) is 0. The van der Waals surface area contributed by atoms with Crippen molar-refractivity contribution in [3.05, 3.63) is 28.3 Å². The summed E-state index contributed by atoms with van der Waals surface area (Å²) in [6.45, 7) is 0. The third-order valence-electron chi connectivity index (χ3n) is 1.25. The largest absolute Gasteiger partial charge is 0.381 e. The monoisotopic (exact) mass is 234 g/mol. The predicted octanol–water partition coefficient (Wildman–Crippen LogP) is 3.43. The lowest BCUT2D eigenvalue weighted by Crippen LogP contribution is -1.99. The van der Waals surface area contributed by atoms with Gasteiger partial charge in [0.15, 0.2) is 11.6 Å². The highest BCUT2D eigenvalue weighted by Gasteiger charge is 2.25. The Morgan fingerprint density at radius 2 is 1.31 bits per heavy atom. The van der Waals surface area contributed by atoms with E-state index in [-0.39, 0.29) is 0 Å². The van der Waals surface area contributed by atoms with Crippen molar-refractivity contribution < 1.29 is 21.9 Å². The van der Waals surface area contributed by atoms with Crippen LogP contribution in [0.2, 0.25) is 5.02 Å². The Labute approximate surface area is 80.0 Å². The second-order valence-corrected chi connectivity index (χ2v) is 2.51. The molecule has 0 unspecified atom stereocenters. The summed E-state index contributed by atoms with van der Waals surface area (Å²) in [5, 5.41) is -1.05. The molecule has 0 aliphatic rings. The minimum absolute atomic E-state index is 1.05. The Hall–Kier alpha value is -0.680. The summed E-state index contributed by atoms with van der Waals surface area (Å²) >= 11 is 9.70. The van der Waals surface area contributed by atoms with Crippen LogP contribution in [0.25, 0.3) is 0 Å². The molecule has 0 saturated carbocycles. The number of benzene rings is 1. The van der Waals surface area contributed by atoms with Gasteiger partial charge in [-0.3, -0.25) is 0 Å². The van der Waals surface area contributed by atoms with Gasteiger partial charge in [0.25, 0.3) is 0 Å². The SMILES string of the molecule is Fc1c(F)c(F)c(OCl)c(Cl)c1F. The van der Waals surface area contributed by atoms with Crippen molar-refractivity contribution in [2.45, 2.75) is 0 Å². The van der Waals surface area contributed by atoms with Crippen LogP contribution in [0, 0.1) is 23.3 Å². The van der Waals surface area contributed by atoms with Crippen LogP contribution >= 0.6 is 23.5 Å². The van der Waals surface area contributed by atoms with Crippen molar-refractivity contribution in [1.29, 1.82) is 0 Å². The van der Waals surface area contributed by atoms with Crippen LogP contribution in [-0.2, 0) is 0 Å².